The average molecular weight is 626 g/mol. The van der Waals surface area contributed by atoms with E-state index in [9.17, 15) is 0 Å². The third-order valence-electron chi connectivity index (χ3n) is 9.09. The van der Waals surface area contributed by atoms with Gasteiger partial charge in [0.05, 0.1) is 0 Å². The molecular weight excluding hydrogens is 591 g/mol. The molecule has 1 nitrogen and oxygen atoms in total. The van der Waals surface area contributed by atoms with E-state index in [-0.39, 0.29) is 0 Å². The molecule has 0 N–H and O–H groups in total. The minimum atomic E-state index is 1.10. The smallest absolute Gasteiger partial charge is 0.0467 e. The zero-order valence-corrected chi connectivity index (χ0v) is 27.2. The highest BCUT2D eigenvalue weighted by Crippen LogP contribution is 2.42. The fraction of sp³-hybridized carbons (Fsp3) is 0. The zero-order valence-electron chi connectivity index (χ0n) is 27.2. The zero-order chi connectivity index (χ0) is 32.8. The SMILES string of the molecule is c1ccc(-c2ccc(N(c3ccc(-c4cccc(-c5ccccc5)c4-c4ccccc4)cc3)c3cccc(-c4ccccc4)c3)cc2)cc1. The van der Waals surface area contributed by atoms with Gasteiger partial charge in [-0.25, -0.2) is 0 Å². The summed E-state index contributed by atoms with van der Waals surface area (Å²) in [4.78, 5) is 2.35. The van der Waals surface area contributed by atoms with Crippen molar-refractivity contribution in [2.75, 3.05) is 4.90 Å². The van der Waals surface area contributed by atoms with Gasteiger partial charge >= 0.3 is 0 Å². The van der Waals surface area contributed by atoms with Crippen molar-refractivity contribution >= 4 is 17.1 Å². The average Bonchev–Trinajstić information content (AvgIpc) is 3.20. The number of anilines is 3. The summed E-state index contributed by atoms with van der Waals surface area (Å²) in [7, 11) is 0. The standard InChI is InChI=1S/C48H35N/c1-5-15-36(16-6-1)38-27-31-43(32-28-38)49(45-24-13-23-42(35-45)37-17-7-2-8-18-37)44-33-29-40(30-34-44)47-26-14-25-46(39-19-9-3-10-20-39)48(47)41-21-11-4-12-22-41/h1-35H. The maximum Gasteiger partial charge on any atom is 0.0467 e. The lowest BCUT2D eigenvalue weighted by atomic mass is 9.87. The molecule has 0 spiro atoms. The van der Waals surface area contributed by atoms with Crippen LogP contribution in [0.5, 0.6) is 0 Å². The van der Waals surface area contributed by atoms with Crippen LogP contribution < -0.4 is 4.90 Å². The van der Waals surface area contributed by atoms with E-state index in [0.717, 1.165) is 17.1 Å². The molecule has 0 aliphatic carbocycles. The second-order valence-corrected chi connectivity index (χ2v) is 12.2. The Kier molecular flexibility index (Phi) is 8.39. The van der Waals surface area contributed by atoms with Crippen molar-refractivity contribution < 1.29 is 0 Å². The van der Waals surface area contributed by atoms with Gasteiger partial charge in [0.2, 0.25) is 0 Å². The topological polar surface area (TPSA) is 3.24 Å². The first kappa shape index (κ1) is 29.9. The molecule has 0 saturated carbocycles. The molecule has 0 unspecified atom stereocenters. The third-order valence-corrected chi connectivity index (χ3v) is 9.09. The molecule has 49 heavy (non-hydrogen) atoms. The van der Waals surface area contributed by atoms with Crippen LogP contribution in [0.25, 0.3) is 55.6 Å². The first-order chi connectivity index (χ1) is 24.3. The van der Waals surface area contributed by atoms with Gasteiger partial charge in [-0.2, -0.15) is 0 Å². The van der Waals surface area contributed by atoms with Gasteiger partial charge in [-0.3, -0.25) is 0 Å². The molecule has 0 radical (unpaired) electrons. The van der Waals surface area contributed by atoms with Crippen LogP contribution in [-0.4, -0.2) is 0 Å². The quantitative estimate of drug-likeness (QED) is 0.162. The molecule has 8 aromatic rings. The molecule has 0 amide bonds. The molecule has 0 atom stereocenters. The molecule has 1 heteroatoms. The predicted octanol–water partition coefficient (Wildman–Crippen LogP) is 13.5. The molecular formula is C48H35N. The van der Waals surface area contributed by atoms with Gasteiger partial charge in [-0.05, 0) is 92.0 Å². The van der Waals surface area contributed by atoms with Gasteiger partial charge in [0.25, 0.3) is 0 Å². The van der Waals surface area contributed by atoms with E-state index < -0.39 is 0 Å². The molecule has 0 fully saturated rings. The molecule has 0 bridgehead atoms. The minimum Gasteiger partial charge on any atom is -0.310 e. The summed E-state index contributed by atoms with van der Waals surface area (Å²) in [6.07, 6.45) is 0. The Morgan fingerprint density at radius 2 is 0.592 bits per heavy atom. The number of hydrogen-bond donors (Lipinski definition) is 0. The van der Waals surface area contributed by atoms with Crippen molar-refractivity contribution in [3.8, 4) is 55.6 Å². The van der Waals surface area contributed by atoms with Gasteiger partial charge in [0, 0.05) is 17.1 Å². The van der Waals surface area contributed by atoms with Crippen LogP contribution in [0.4, 0.5) is 17.1 Å². The second kappa shape index (κ2) is 13.7. The summed E-state index contributed by atoms with van der Waals surface area (Å²) in [6, 6.07) is 75.9. The molecule has 0 aromatic heterocycles. The largest absolute Gasteiger partial charge is 0.310 e. The highest BCUT2D eigenvalue weighted by atomic mass is 15.1. The van der Waals surface area contributed by atoms with E-state index in [1.54, 1.807) is 0 Å². The van der Waals surface area contributed by atoms with Crippen molar-refractivity contribution in [1.29, 1.82) is 0 Å². The van der Waals surface area contributed by atoms with Crippen LogP contribution in [0, 0.1) is 0 Å². The van der Waals surface area contributed by atoms with E-state index in [1.807, 2.05) is 0 Å². The maximum absolute atomic E-state index is 2.35. The van der Waals surface area contributed by atoms with Gasteiger partial charge in [-0.1, -0.05) is 176 Å². The van der Waals surface area contributed by atoms with E-state index in [2.05, 4.69) is 217 Å². The maximum atomic E-state index is 2.35. The molecule has 232 valence electrons. The van der Waals surface area contributed by atoms with Crippen LogP contribution in [0.15, 0.2) is 212 Å². The summed E-state index contributed by atoms with van der Waals surface area (Å²) >= 11 is 0. The van der Waals surface area contributed by atoms with E-state index in [1.165, 1.54) is 55.6 Å². The lowest BCUT2D eigenvalue weighted by molar-refractivity contribution is 1.28. The third kappa shape index (κ3) is 6.31. The predicted molar refractivity (Wildman–Crippen MR) is 208 cm³/mol. The highest BCUT2D eigenvalue weighted by molar-refractivity contribution is 5.95. The van der Waals surface area contributed by atoms with Crippen molar-refractivity contribution in [3.05, 3.63) is 212 Å². The Morgan fingerprint density at radius 3 is 1.12 bits per heavy atom. The summed E-state index contributed by atoms with van der Waals surface area (Å²) in [5.74, 6) is 0. The Bertz CT molecular complexity index is 2280. The summed E-state index contributed by atoms with van der Waals surface area (Å²) in [6.45, 7) is 0. The van der Waals surface area contributed by atoms with Gasteiger partial charge in [-0.15, -0.1) is 0 Å². The van der Waals surface area contributed by atoms with E-state index in [0.29, 0.717) is 0 Å². The van der Waals surface area contributed by atoms with Crippen LogP contribution in [0.1, 0.15) is 0 Å². The Balaban J connectivity index is 1.23. The number of benzene rings is 8. The van der Waals surface area contributed by atoms with E-state index in [4.69, 9.17) is 0 Å². The molecule has 0 aliphatic rings. The molecule has 0 saturated heterocycles. The van der Waals surface area contributed by atoms with Gasteiger partial charge in [0.15, 0.2) is 0 Å². The van der Waals surface area contributed by atoms with Crippen molar-refractivity contribution in [3.63, 3.8) is 0 Å². The monoisotopic (exact) mass is 625 g/mol. The molecule has 0 heterocycles. The molecule has 0 aliphatic heterocycles. The normalized spacial score (nSPS) is 10.9. The van der Waals surface area contributed by atoms with E-state index >= 15 is 0 Å². The Labute approximate surface area is 289 Å². The summed E-state index contributed by atoms with van der Waals surface area (Å²) < 4.78 is 0. The number of hydrogen-bond acceptors (Lipinski definition) is 1. The minimum absolute atomic E-state index is 1.10. The Morgan fingerprint density at radius 1 is 0.224 bits per heavy atom. The lowest BCUT2D eigenvalue weighted by Crippen LogP contribution is -2.10. The Hall–Kier alpha value is -6.44. The lowest BCUT2D eigenvalue weighted by Gasteiger charge is -2.26. The highest BCUT2D eigenvalue weighted by Gasteiger charge is 2.17. The molecule has 8 aromatic carbocycles. The first-order valence-corrected chi connectivity index (χ1v) is 16.8. The first-order valence-electron chi connectivity index (χ1n) is 16.8. The van der Waals surface area contributed by atoms with Gasteiger partial charge < -0.3 is 4.90 Å². The van der Waals surface area contributed by atoms with Crippen LogP contribution in [-0.2, 0) is 0 Å². The van der Waals surface area contributed by atoms with Crippen molar-refractivity contribution in [2.24, 2.45) is 0 Å². The van der Waals surface area contributed by atoms with Crippen LogP contribution in [0.3, 0.4) is 0 Å². The molecule has 8 rings (SSSR count). The van der Waals surface area contributed by atoms with Crippen LogP contribution in [0.2, 0.25) is 0 Å². The number of nitrogens with zero attached hydrogens (tertiary/aromatic N) is 1. The fourth-order valence-corrected chi connectivity index (χ4v) is 6.69. The summed E-state index contributed by atoms with van der Waals surface area (Å²) in [5.41, 5.74) is 15.4. The number of rotatable bonds is 8. The van der Waals surface area contributed by atoms with Crippen LogP contribution >= 0.6 is 0 Å². The van der Waals surface area contributed by atoms with Crippen molar-refractivity contribution in [2.45, 2.75) is 0 Å². The summed E-state index contributed by atoms with van der Waals surface area (Å²) in [5, 5.41) is 0. The van der Waals surface area contributed by atoms with Crippen molar-refractivity contribution in [1.82, 2.24) is 0 Å². The fourth-order valence-electron chi connectivity index (χ4n) is 6.69. The van der Waals surface area contributed by atoms with Gasteiger partial charge in [0.1, 0.15) is 0 Å². The second-order valence-electron chi connectivity index (χ2n) is 12.2.